The number of anilines is 1. The number of benzene rings is 2. The number of nitriles is 1. The van der Waals surface area contributed by atoms with E-state index in [0.29, 0.717) is 23.4 Å². The van der Waals surface area contributed by atoms with Gasteiger partial charge in [0.2, 0.25) is 0 Å². The summed E-state index contributed by atoms with van der Waals surface area (Å²) in [5.74, 6) is -0.411. The van der Waals surface area contributed by atoms with Gasteiger partial charge < -0.3 is 4.84 Å². The molecule has 0 unspecified atom stereocenters. The van der Waals surface area contributed by atoms with Crippen molar-refractivity contribution in [3.63, 3.8) is 0 Å². The molecular formula is C16H12N2O2. The lowest BCUT2D eigenvalue weighted by Crippen LogP contribution is -2.25. The Morgan fingerprint density at radius 3 is 2.70 bits per heavy atom. The summed E-state index contributed by atoms with van der Waals surface area (Å²) in [5, 5.41) is 10.7. The van der Waals surface area contributed by atoms with Gasteiger partial charge in [0.1, 0.15) is 6.07 Å². The third kappa shape index (κ3) is 2.10. The zero-order valence-corrected chi connectivity index (χ0v) is 10.7. The maximum absolute atomic E-state index is 12.1. The van der Waals surface area contributed by atoms with E-state index in [-0.39, 0.29) is 0 Å². The Morgan fingerprint density at radius 2 is 1.95 bits per heavy atom. The summed E-state index contributed by atoms with van der Waals surface area (Å²) >= 11 is 0. The fraction of sp³-hybridized carbons (Fsp3) is 0.125. The summed E-state index contributed by atoms with van der Waals surface area (Å²) in [5.41, 5.74) is 2.76. The third-order valence-corrected chi connectivity index (χ3v) is 3.28. The molecule has 2 aromatic carbocycles. The Balaban J connectivity index is 1.86. The molecule has 0 spiro atoms. The average molecular weight is 264 g/mol. The summed E-state index contributed by atoms with van der Waals surface area (Å²) < 4.78 is 0. The third-order valence-electron chi connectivity index (χ3n) is 3.28. The predicted molar refractivity (Wildman–Crippen MR) is 74.1 cm³/mol. The van der Waals surface area contributed by atoms with Crippen molar-refractivity contribution in [1.82, 2.24) is 0 Å². The zero-order valence-electron chi connectivity index (χ0n) is 10.7. The van der Waals surface area contributed by atoms with Gasteiger partial charge in [0.05, 0.1) is 23.4 Å². The van der Waals surface area contributed by atoms with Crippen molar-refractivity contribution < 1.29 is 9.63 Å². The van der Waals surface area contributed by atoms with Crippen molar-refractivity contribution in [1.29, 1.82) is 5.26 Å². The van der Waals surface area contributed by atoms with Gasteiger partial charge in [-0.15, -0.1) is 0 Å². The standard InChI is InChI=1S/C16H12N2O2/c17-11-14-8-4-7-12-9-10-18(15(12)14)20-16(19)13-5-2-1-3-6-13/h1-8H,9-10H2. The monoisotopic (exact) mass is 264 g/mol. The van der Waals surface area contributed by atoms with Crippen molar-refractivity contribution in [2.45, 2.75) is 6.42 Å². The van der Waals surface area contributed by atoms with Crippen molar-refractivity contribution in [2.75, 3.05) is 11.6 Å². The molecule has 3 rings (SSSR count). The minimum atomic E-state index is -0.411. The van der Waals surface area contributed by atoms with Crippen LogP contribution < -0.4 is 5.06 Å². The Labute approximate surface area is 116 Å². The SMILES string of the molecule is N#Cc1cccc2c1N(OC(=O)c1ccccc1)CC2. The highest BCUT2D eigenvalue weighted by atomic mass is 16.7. The maximum atomic E-state index is 12.1. The fourth-order valence-corrected chi connectivity index (χ4v) is 2.33. The van der Waals surface area contributed by atoms with Crippen LogP contribution in [0.3, 0.4) is 0 Å². The first-order valence-electron chi connectivity index (χ1n) is 6.36. The first-order valence-corrected chi connectivity index (χ1v) is 6.36. The summed E-state index contributed by atoms with van der Waals surface area (Å²) in [4.78, 5) is 17.5. The van der Waals surface area contributed by atoms with Crippen LogP contribution in [0.25, 0.3) is 0 Å². The molecule has 0 amide bonds. The van der Waals surface area contributed by atoms with Crippen LogP contribution in [0.2, 0.25) is 0 Å². The Kier molecular flexibility index (Phi) is 3.10. The van der Waals surface area contributed by atoms with Crippen LogP contribution >= 0.6 is 0 Å². The number of carbonyl (C=O) groups is 1. The highest BCUT2D eigenvalue weighted by Crippen LogP contribution is 2.31. The summed E-state index contributed by atoms with van der Waals surface area (Å²) in [7, 11) is 0. The number of hydroxylamine groups is 1. The molecule has 1 aliphatic rings. The normalized spacial score (nSPS) is 12.7. The van der Waals surface area contributed by atoms with E-state index in [1.807, 2.05) is 18.2 Å². The highest BCUT2D eigenvalue weighted by Gasteiger charge is 2.26. The molecule has 0 fully saturated rings. The largest absolute Gasteiger partial charge is 0.363 e. The molecule has 2 aromatic rings. The van der Waals surface area contributed by atoms with Crippen LogP contribution in [0.5, 0.6) is 0 Å². The Hall–Kier alpha value is -2.80. The molecule has 1 heterocycles. The minimum absolute atomic E-state index is 0.411. The maximum Gasteiger partial charge on any atom is 0.363 e. The highest BCUT2D eigenvalue weighted by molar-refractivity contribution is 5.90. The van der Waals surface area contributed by atoms with Gasteiger partial charge in [-0.2, -0.15) is 5.26 Å². The van der Waals surface area contributed by atoms with Gasteiger partial charge in [-0.3, -0.25) is 0 Å². The molecule has 98 valence electrons. The van der Waals surface area contributed by atoms with Crippen molar-refractivity contribution >= 4 is 11.7 Å². The van der Waals surface area contributed by atoms with Crippen LogP contribution in [0.1, 0.15) is 21.5 Å². The molecule has 0 saturated heterocycles. The lowest BCUT2D eigenvalue weighted by atomic mass is 10.1. The van der Waals surface area contributed by atoms with Gasteiger partial charge >= 0.3 is 5.97 Å². The number of fused-ring (bicyclic) bond motifs is 1. The van der Waals surface area contributed by atoms with E-state index in [1.165, 1.54) is 5.06 Å². The summed E-state index contributed by atoms with van der Waals surface area (Å²) in [6, 6.07) is 16.5. The number of hydrogen-bond acceptors (Lipinski definition) is 4. The first kappa shape index (κ1) is 12.2. The van der Waals surface area contributed by atoms with E-state index in [2.05, 4.69) is 6.07 Å². The second-order valence-corrected chi connectivity index (χ2v) is 4.52. The van der Waals surface area contributed by atoms with Crippen LogP contribution in [-0.2, 0) is 11.3 Å². The van der Waals surface area contributed by atoms with Crippen molar-refractivity contribution in [3.8, 4) is 6.07 Å². The van der Waals surface area contributed by atoms with Gasteiger partial charge in [0.25, 0.3) is 0 Å². The van der Waals surface area contributed by atoms with E-state index in [0.717, 1.165) is 12.0 Å². The van der Waals surface area contributed by atoms with E-state index in [9.17, 15) is 4.79 Å². The average Bonchev–Trinajstić information content (AvgIpc) is 2.91. The smallest absolute Gasteiger partial charge is 0.335 e. The first-order chi connectivity index (χ1) is 9.79. The Bertz CT molecular complexity index is 689. The minimum Gasteiger partial charge on any atom is -0.335 e. The molecular weight excluding hydrogens is 252 g/mol. The van der Waals surface area contributed by atoms with E-state index < -0.39 is 5.97 Å². The number of carbonyl (C=O) groups excluding carboxylic acids is 1. The van der Waals surface area contributed by atoms with Crippen LogP contribution in [0, 0.1) is 11.3 Å². The van der Waals surface area contributed by atoms with Crippen LogP contribution in [0.4, 0.5) is 5.69 Å². The second-order valence-electron chi connectivity index (χ2n) is 4.52. The number of para-hydroxylation sites is 1. The van der Waals surface area contributed by atoms with Crippen LogP contribution in [-0.4, -0.2) is 12.5 Å². The molecule has 20 heavy (non-hydrogen) atoms. The molecule has 0 radical (unpaired) electrons. The molecule has 0 aromatic heterocycles. The molecule has 0 atom stereocenters. The zero-order chi connectivity index (χ0) is 13.9. The molecule has 0 N–H and O–H groups in total. The van der Waals surface area contributed by atoms with Crippen LogP contribution in [0.15, 0.2) is 48.5 Å². The second kappa shape index (κ2) is 5.06. The van der Waals surface area contributed by atoms with E-state index >= 15 is 0 Å². The molecule has 0 saturated carbocycles. The van der Waals surface area contributed by atoms with Gasteiger partial charge in [-0.25, -0.2) is 9.86 Å². The number of rotatable bonds is 2. The topological polar surface area (TPSA) is 53.3 Å². The molecule has 1 aliphatic heterocycles. The predicted octanol–water partition coefficient (Wildman–Crippen LogP) is 2.69. The summed E-state index contributed by atoms with van der Waals surface area (Å²) in [6.07, 6.45) is 0.771. The number of hydrogen-bond donors (Lipinski definition) is 0. The molecule has 4 heteroatoms. The fourth-order valence-electron chi connectivity index (χ4n) is 2.33. The Morgan fingerprint density at radius 1 is 1.15 bits per heavy atom. The molecule has 0 aliphatic carbocycles. The molecule has 4 nitrogen and oxygen atoms in total. The quantitative estimate of drug-likeness (QED) is 0.836. The van der Waals surface area contributed by atoms with Crippen molar-refractivity contribution in [2.24, 2.45) is 0 Å². The summed E-state index contributed by atoms with van der Waals surface area (Å²) in [6.45, 7) is 0.576. The van der Waals surface area contributed by atoms with Gasteiger partial charge in [-0.1, -0.05) is 30.3 Å². The van der Waals surface area contributed by atoms with Gasteiger partial charge in [-0.05, 0) is 30.2 Å². The van der Waals surface area contributed by atoms with Gasteiger partial charge in [0, 0.05) is 0 Å². The van der Waals surface area contributed by atoms with Gasteiger partial charge in [0.15, 0.2) is 0 Å². The number of nitrogens with zero attached hydrogens (tertiary/aromatic N) is 2. The van der Waals surface area contributed by atoms with E-state index in [4.69, 9.17) is 10.1 Å². The lowest BCUT2D eigenvalue weighted by molar-refractivity contribution is 0.0461. The van der Waals surface area contributed by atoms with Crippen molar-refractivity contribution in [3.05, 3.63) is 65.2 Å². The van der Waals surface area contributed by atoms with E-state index in [1.54, 1.807) is 30.3 Å². The molecule has 0 bridgehead atoms. The lowest BCUT2D eigenvalue weighted by Gasteiger charge is -2.18.